The molecule has 0 amide bonds. The van der Waals surface area contributed by atoms with E-state index in [9.17, 15) is 4.39 Å². The molecule has 0 fully saturated rings. The van der Waals surface area contributed by atoms with Crippen molar-refractivity contribution in [2.75, 3.05) is 13.7 Å². The number of hydrogen-bond acceptors (Lipinski definition) is 4. The lowest BCUT2D eigenvalue weighted by atomic mass is 9.79. The van der Waals surface area contributed by atoms with Gasteiger partial charge in [-0.25, -0.2) is 4.39 Å². The molecule has 1 aromatic carbocycles. The van der Waals surface area contributed by atoms with Gasteiger partial charge < -0.3 is 19.5 Å². The first-order valence-corrected chi connectivity index (χ1v) is 4.90. The summed E-state index contributed by atoms with van der Waals surface area (Å²) in [5.74, 6) is -0.534. The molecule has 2 N–H and O–H groups in total. The minimum Gasteiger partial charge on any atom is -0.490 e. The molecule has 0 saturated heterocycles. The molecule has 0 aliphatic rings. The summed E-state index contributed by atoms with van der Waals surface area (Å²) in [7, 11) is -0.240. The van der Waals surface area contributed by atoms with Gasteiger partial charge >= 0.3 is 7.12 Å². The summed E-state index contributed by atoms with van der Waals surface area (Å²) in [5.41, 5.74) is 0.528. The van der Waals surface area contributed by atoms with Gasteiger partial charge in [-0.05, 0) is 18.5 Å². The zero-order chi connectivity index (χ0) is 12.1. The maximum atomic E-state index is 13.6. The molecule has 0 saturated carbocycles. The zero-order valence-electron chi connectivity index (χ0n) is 9.24. The van der Waals surface area contributed by atoms with E-state index in [2.05, 4.69) is 0 Å². The number of rotatable bonds is 5. The van der Waals surface area contributed by atoms with Gasteiger partial charge in [0.05, 0.1) is 13.2 Å². The van der Waals surface area contributed by atoms with Crippen LogP contribution in [0.4, 0.5) is 4.39 Å². The van der Waals surface area contributed by atoms with Crippen LogP contribution in [0.2, 0.25) is 0 Å². The van der Waals surface area contributed by atoms with Crippen LogP contribution in [-0.2, 0) is 11.3 Å². The average molecular weight is 228 g/mol. The van der Waals surface area contributed by atoms with Crippen LogP contribution in [0, 0.1) is 5.82 Å². The fraction of sp³-hybridized carbons (Fsp3) is 0.400. The Hall–Kier alpha value is -1.11. The predicted octanol–water partition coefficient (Wildman–Crippen LogP) is 0.0506. The van der Waals surface area contributed by atoms with Crippen LogP contribution in [0.1, 0.15) is 12.5 Å². The van der Waals surface area contributed by atoms with Gasteiger partial charge in [-0.3, -0.25) is 0 Å². The lowest BCUT2D eigenvalue weighted by Crippen LogP contribution is -2.30. The summed E-state index contributed by atoms with van der Waals surface area (Å²) in [6.45, 7) is 2.21. The second kappa shape index (κ2) is 5.84. The largest absolute Gasteiger partial charge is 0.490 e. The Bertz CT molecular complexity index is 357. The van der Waals surface area contributed by atoms with Crippen molar-refractivity contribution >= 4 is 12.6 Å². The number of hydrogen-bond donors (Lipinski definition) is 2. The topological polar surface area (TPSA) is 58.9 Å². The molecule has 0 spiro atoms. The Morgan fingerprint density at radius 3 is 2.56 bits per heavy atom. The van der Waals surface area contributed by atoms with E-state index in [-0.39, 0.29) is 17.8 Å². The van der Waals surface area contributed by atoms with Gasteiger partial charge in [-0.1, -0.05) is 6.07 Å². The molecule has 0 bridgehead atoms. The third-order valence-corrected chi connectivity index (χ3v) is 2.03. The Balaban J connectivity index is 3.16. The molecule has 1 rings (SSSR count). The standard InChI is InChI=1S/C10H14BFO4/c1-3-16-10-7(6-15-2)4-8(11(13)14)5-9(10)12/h4-5,13-14H,3,6H2,1-2H3. The van der Waals surface area contributed by atoms with Gasteiger partial charge in [0.15, 0.2) is 11.6 Å². The lowest BCUT2D eigenvalue weighted by molar-refractivity contribution is 0.179. The highest BCUT2D eigenvalue weighted by Gasteiger charge is 2.18. The van der Waals surface area contributed by atoms with Crippen LogP contribution in [0.25, 0.3) is 0 Å². The number of benzene rings is 1. The normalized spacial score (nSPS) is 10.3. The van der Waals surface area contributed by atoms with E-state index in [4.69, 9.17) is 19.5 Å². The van der Waals surface area contributed by atoms with Gasteiger partial charge in [0.2, 0.25) is 0 Å². The summed E-state index contributed by atoms with van der Waals surface area (Å²) in [4.78, 5) is 0. The molecular formula is C10H14BFO4. The molecule has 16 heavy (non-hydrogen) atoms. The second-order valence-electron chi connectivity index (χ2n) is 3.23. The van der Waals surface area contributed by atoms with Crippen molar-refractivity contribution in [2.24, 2.45) is 0 Å². The van der Waals surface area contributed by atoms with Crippen LogP contribution in [0.3, 0.4) is 0 Å². The van der Waals surface area contributed by atoms with Crippen LogP contribution < -0.4 is 10.2 Å². The Kier molecular flexibility index (Phi) is 4.73. The van der Waals surface area contributed by atoms with Crippen molar-refractivity contribution in [1.29, 1.82) is 0 Å². The molecule has 4 nitrogen and oxygen atoms in total. The van der Waals surface area contributed by atoms with Crippen molar-refractivity contribution < 1.29 is 23.9 Å². The maximum absolute atomic E-state index is 13.6. The quantitative estimate of drug-likeness (QED) is 0.699. The van der Waals surface area contributed by atoms with Gasteiger partial charge in [-0.15, -0.1) is 0 Å². The smallest absolute Gasteiger partial charge is 0.488 e. The summed E-state index contributed by atoms with van der Waals surface area (Å²) >= 11 is 0. The third kappa shape index (κ3) is 2.94. The average Bonchev–Trinajstić information content (AvgIpc) is 2.23. The van der Waals surface area contributed by atoms with Gasteiger partial charge in [0, 0.05) is 12.7 Å². The fourth-order valence-electron chi connectivity index (χ4n) is 1.39. The van der Waals surface area contributed by atoms with Crippen molar-refractivity contribution in [3.05, 3.63) is 23.5 Å². The molecule has 0 aromatic heterocycles. The SMILES string of the molecule is CCOc1c(F)cc(B(O)O)cc1COC. The molecule has 0 atom stereocenters. The van der Waals surface area contributed by atoms with E-state index in [1.807, 2.05) is 0 Å². The highest BCUT2D eigenvalue weighted by Crippen LogP contribution is 2.22. The lowest BCUT2D eigenvalue weighted by Gasteiger charge is -2.12. The van der Waals surface area contributed by atoms with E-state index in [0.29, 0.717) is 12.2 Å². The molecule has 0 radical (unpaired) electrons. The summed E-state index contributed by atoms with van der Waals surface area (Å²) in [6.07, 6.45) is 0. The third-order valence-electron chi connectivity index (χ3n) is 2.03. The van der Waals surface area contributed by atoms with Crippen molar-refractivity contribution in [3.63, 3.8) is 0 Å². The first-order valence-electron chi connectivity index (χ1n) is 4.90. The maximum Gasteiger partial charge on any atom is 0.488 e. The zero-order valence-corrected chi connectivity index (χ0v) is 9.24. The first kappa shape index (κ1) is 13.0. The molecule has 1 aromatic rings. The highest BCUT2D eigenvalue weighted by atomic mass is 19.1. The monoisotopic (exact) mass is 228 g/mol. The summed E-state index contributed by atoms with van der Waals surface area (Å²) in [5, 5.41) is 17.9. The molecule has 0 heterocycles. The van der Waals surface area contributed by atoms with Crippen LogP contribution in [-0.4, -0.2) is 30.9 Å². The summed E-state index contributed by atoms with van der Waals surface area (Å²) < 4.78 is 23.6. The minimum atomic E-state index is -1.71. The van der Waals surface area contributed by atoms with E-state index in [0.717, 1.165) is 6.07 Å². The fourth-order valence-corrected chi connectivity index (χ4v) is 1.39. The Morgan fingerprint density at radius 1 is 1.38 bits per heavy atom. The molecule has 88 valence electrons. The number of ether oxygens (including phenoxy) is 2. The van der Waals surface area contributed by atoms with Crippen LogP contribution in [0.5, 0.6) is 5.75 Å². The van der Waals surface area contributed by atoms with E-state index in [1.165, 1.54) is 13.2 Å². The van der Waals surface area contributed by atoms with Crippen molar-refractivity contribution in [3.8, 4) is 5.75 Å². The van der Waals surface area contributed by atoms with Crippen molar-refractivity contribution in [2.45, 2.75) is 13.5 Å². The van der Waals surface area contributed by atoms with Gasteiger partial charge in [0.25, 0.3) is 0 Å². The second-order valence-corrected chi connectivity index (χ2v) is 3.23. The minimum absolute atomic E-state index is 0.0769. The van der Waals surface area contributed by atoms with E-state index in [1.54, 1.807) is 6.92 Å². The predicted molar refractivity (Wildman–Crippen MR) is 58.1 cm³/mol. The van der Waals surface area contributed by atoms with Crippen molar-refractivity contribution in [1.82, 2.24) is 0 Å². The van der Waals surface area contributed by atoms with E-state index >= 15 is 0 Å². The Labute approximate surface area is 93.8 Å². The van der Waals surface area contributed by atoms with Gasteiger partial charge in [0.1, 0.15) is 0 Å². The first-order chi connectivity index (χ1) is 7.60. The molecule has 0 aliphatic heterocycles. The van der Waals surface area contributed by atoms with Crippen LogP contribution >= 0.6 is 0 Å². The van der Waals surface area contributed by atoms with Crippen LogP contribution in [0.15, 0.2) is 12.1 Å². The number of halogens is 1. The van der Waals surface area contributed by atoms with E-state index < -0.39 is 12.9 Å². The summed E-state index contributed by atoms with van der Waals surface area (Å²) in [6, 6.07) is 2.48. The molecule has 6 heteroatoms. The molecular weight excluding hydrogens is 214 g/mol. The highest BCUT2D eigenvalue weighted by molar-refractivity contribution is 6.58. The Morgan fingerprint density at radius 2 is 2.06 bits per heavy atom. The van der Waals surface area contributed by atoms with Gasteiger partial charge in [-0.2, -0.15) is 0 Å². The molecule has 0 aliphatic carbocycles. The molecule has 0 unspecified atom stereocenters. The number of methoxy groups -OCH3 is 1.